The van der Waals surface area contributed by atoms with Gasteiger partial charge in [-0.05, 0) is 25.8 Å². The van der Waals surface area contributed by atoms with Crippen molar-refractivity contribution in [3.63, 3.8) is 0 Å². The van der Waals surface area contributed by atoms with Gasteiger partial charge in [-0.15, -0.1) is 28.8 Å². The van der Waals surface area contributed by atoms with E-state index < -0.39 is 0 Å². The highest BCUT2D eigenvalue weighted by atomic mass is 35.5. The maximum atomic E-state index is 6.35. The zero-order valence-corrected chi connectivity index (χ0v) is 15.5. The fourth-order valence-electron chi connectivity index (χ4n) is 2.48. The predicted molar refractivity (Wildman–Crippen MR) is 99.4 cm³/mol. The molecule has 0 aliphatic heterocycles. The monoisotopic (exact) mass is 372 g/mol. The van der Waals surface area contributed by atoms with Gasteiger partial charge in [-0.3, -0.25) is 0 Å². The first-order valence-electron chi connectivity index (χ1n) is 7.07. The van der Waals surface area contributed by atoms with Crippen molar-refractivity contribution in [2.75, 3.05) is 25.6 Å². The molecule has 3 heterocycles. The third-order valence-corrected chi connectivity index (χ3v) is 5.26. The molecule has 0 aliphatic carbocycles. The molecule has 0 saturated carbocycles. The van der Waals surface area contributed by atoms with Gasteiger partial charge in [0.15, 0.2) is 5.82 Å². The van der Waals surface area contributed by atoms with E-state index in [9.17, 15) is 0 Å². The molecular weight excluding hydrogens is 355 g/mol. The van der Waals surface area contributed by atoms with E-state index in [0.717, 1.165) is 62.0 Å². The van der Waals surface area contributed by atoms with Gasteiger partial charge in [0.2, 0.25) is 0 Å². The minimum absolute atomic E-state index is 0. The van der Waals surface area contributed by atoms with E-state index in [1.807, 2.05) is 13.8 Å². The number of anilines is 1. The van der Waals surface area contributed by atoms with Crippen LogP contribution >= 0.6 is 35.3 Å². The highest BCUT2D eigenvalue weighted by Gasteiger charge is 2.16. The molecular formula is C15H18Cl2N4OS. The van der Waals surface area contributed by atoms with Crippen molar-refractivity contribution in [3.8, 4) is 0 Å². The smallest absolute Gasteiger partial charge is 0.166 e. The summed E-state index contributed by atoms with van der Waals surface area (Å²) in [6.45, 7) is 5.47. The van der Waals surface area contributed by atoms with Crippen molar-refractivity contribution < 1.29 is 4.74 Å². The van der Waals surface area contributed by atoms with Gasteiger partial charge < -0.3 is 10.1 Å². The molecule has 0 saturated heterocycles. The molecule has 0 unspecified atom stereocenters. The molecule has 124 valence electrons. The average molecular weight is 373 g/mol. The van der Waals surface area contributed by atoms with E-state index >= 15 is 0 Å². The first kappa shape index (κ1) is 18.1. The Kier molecular flexibility index (Phi) is 5.97. The normalized spacial score (nSPS) is 11.0. The van der Waals surface area contributed by atoms with Crippen LogP contribution in [0.3, 0.4) is 0 Å². The summed E-state index contributed by atoms with van der Waals surface area (Å²) < 4.78 is 6.13. The van der Waals surface area contributed by atoms with E-state index in [0.29, 0.717) is 0 Å². The summed E-state index contributed by atoms with van der Waals surface area (Å²) in [5, 5.41) is 14.5. The van der Waals surface area contributed by atoms with Crippen LogP contribution in [-0.4, -0.2) is 35.4 Å². The zero-order valence-electron chi connectivity index (χ0n) is 13.1. The van der Waals surface area contributed by atoms with Crippen LogP contribution < -0.4 is 5.32 Å². The van der Waals surface area contributed by atoms with Gasteiger partial charge in [0, 0.05) is 31.0 Å². The lowest BCUT2D eigenvalue weighted by molar-refractivity contribution is 0.198. The number of aromatic nitrogens is 3. The molecule has 0 fully saturated rings. The fourth-order valence-corrected chi connectivity index (χ4v) is 3.83. The summed E-state index contributed by atoms with van der Waals surface area (Å²) in [4.78, 5) is 5.58. The Bertz CT molecular complexity index is 837. The molecule has 0 amide bonds. The van der Waals surface area contributed by atoms with Gasteiger partial charge in [0.05, 0.1) is 21.6 Å². The number of hydrogen-bond donors (Lipinski definition) is 1. The van der Waals surface area contributed by atoms with Gasteiger partial charge >= 0.3 is 0 Å². The SMILES string of the molecule is COCCCNc1nncc2c1sc1nc(C)c(Cl)c(C)c12.Cl. The highest BCUT2D eigenvalue weighted by molar-refractivity contribution is 7.26. The van der Waals surface area contributed by atoms with Crippen LogP contribution in [-0.2, 0) is 4.74 Å². The van der Waals surface area contributed by atoms with Crippen LogP contribution in [0.25, 0.3) is 20.3 Å². The van der Waals surface area contributed by atoms with Crippen LogP contribution in [0.4, 0.5) is 5.82 Å². The van der Waals surface area contributed by atoms with Gasteiger partial charge in [-0.1, -0.05) is 11.6 Å². The quantitative estimate of drug-likeness (QED) is 0.673. The van der Waals surface area contributed by atoms with Crippen LogP contribution in [0.2, 0.25) is 5.02 Å². The zero-order chi connectivity index (χ0) is 15.7. The summed E-state index contributed by atoms with van der Waals surface area (Å²) in [7, 11) is 1.70. The largest absolute Gasteiger partial charge is 0.385 e. The molecule has 3 aromatic heterocycles. The van der Waals surface area contributed by atoms with E-state index in [-0.39, 0.29) is 12.4 Å². The minimum atomic E-state index is 0. The van der Waals surface area contributed by atoms with Crippen molar-refractivity contribution in [2.24, 2.45) is 0 Å². The Morgan fingerprint density at radius 2 is 2.13 bits per heavy atom. The third-order valence-electron chi connectivity index (χ3n) is 3.60. The van der Waals surface area contributed by atoms with Gasteiger partial charge in [-0.25, -0.2) is 4.98 Å². The maximum absolute atomic E-state index is 6.35. The van der Waals surface area contributed by atoms with E-state index in [2.05, 4.69) is 20.5 Å². The lowest BCUT2D eigenvalue weighted by atomic mass is 10.1. The Morgan fingerprint density at radius 3 is 2.87 bits per heavy atom. The van der Waals surface area contributed by atoms with Crippen molar-refractivity contribution in [1.29, 1.82) is 0 Å². The highest BCUT2D eigenvalue weighted by Crippen LogP contribution is 2.39. The number of pyridine rings is 1. The average Bonchev–Trinajstić information content (AvgIpc) is 2.88. The number of fused-ring (bicyclic) bond motifs is 3. The van der Waals surface area contributed by atoms with Crippen molar-refractivity contribution >= 4 is 61.5 Å². The van der Waals surface area contributed by atoms with Crippen molar-refractivity contribution in [1.82, 2.24) is 15.2 Å². The number of thiophene rings is 1. The minimum Gasteiger partial charge on any atom is -0.385 e. The number of ether oxygens (including phenoxy) is 1. The fraction of sp³-hybridized carbons (Fsp3) is 0.400. The number of halogens is 2. The second-order valence-corrected chi connectivity index (χ2v) is 6.50. The van der Waals surface area contributed by atoms with Gasteiger partial charge in [-0.2, -0.15) is 5.10 Å². The van der Waals surface area contributed by atoms with Crippen LogP contribution in [0, 0.1) is 13.8 Å². The van der Waals surface area contributed by atoms with Crippen molar-refractivity contribution in [2.45, 2.75) is 20.3 Å². The Labute approximate surface area is 149 Å². The molecule has 1 N–H and O–H groups in total. The van der Waals surface area contributed by atoms with E-state index in [1.165, 1.54) is 0 Å². The van der Waals surface area contributed by atoms with Gasteiger partial charge in [0.25, 0.3) is 0 Å². The molecule has 0 aromatic carbocycles. The summed E-state index contributed by atoms with van der Waals surface area (Å²) in [6, 6.07) is 0. The number of rotatable bonds is 5. The van der Waals surface area contributed by atoms with Crippen molar-refractivity contribution in [3.05, 3.63) is 22.5 Å². The number of hydrogen-bond acceptors (Lipinski definition) is 6. The summed E-state index contributed by atoms with van der Waals surface area (Å²) in [5.41, 5.74) is 1.91. The number of aryl methyl sites for hydroxylation is 2. The first-order chi connectivity index (χ1) is 10.6. The number of methoxy groups -OCH3 is 1. The molecule has 5 nitrogen and oxygen atoms in total. The molecule has 23 heavy (non-hydrogen) atoms. The standard InChI is InChI=1S/C15H17ClN4OS.ClH/c1-8-11-10-7-18-20-14(17-5-4-6-21-3)13(10)22-15(11)19-9(2)12(8)16;/h7H,4-6H2,1-3H3,(H,17,20);1H. The molecule has 0 bridgehead atoms. The van der Waals surface area contributed by atoms with Crippen LogP contribution in [0.15, 0.2) is 6.20 Å². The second kappa shape index (κ2) is 7.57. The third kappa shape index (κ3) is 3.35. The first-order valence-corrected chi connectivity index (χ1v) is 8.26. The molecule has 3 aromatic rings. The molecule has 0 spiro atoms. The molecule has 0 aliphatic rings. The maximum Gasteiger partial charge on any atom is 0.166 e. The summed E-state index contributed by atoms with van der Waals surface area (Å²) >= 11 is 7.97. The molecule has 0 radical (unpaired) electrons. The Morgan fingerprint density at radius 1 is 1.35 bits per heavy atom. The lowest BCUT2D eigenvalue weighted by Gasteiger charge is -2.05. The Balaban J connectivity index is 0.00000192. The predicted octanol–water partition coefficient (Wildman–Crippen LogP) is 4.38. The topological polar surface area (TPSA) is 59.9 Å². The van der Waals surface area contributed by atoms with Crippen LogP contribution in [0.5, 0.6) is 0 Å². The van der Waals surface area contributed by atoms with E-state index in [4.69, 9.17) is 16.3 Å². The molecule has 8 heteroatoms. The molecule has 3 rings (SSSR count). The van der Waals surface area contributed by atoms with Crippen LogP contribution in [0.1, 0.15) is 17.7 Å². The summed E-state index contributed by atoms with van der Waals surface area (Å²) in [6.07, 6.45) is 2.70. The lowest BCUT2D eigenvalue weighted by Crippen LogP contribution is -2.06. The summed E-state index contributed by atoms with van der Waals surface area (Å²) in [5.74, 6) is 0.796. The molecule has 0 atom stereocenters. The van der Waals surface area contributed by atoms with E-state index in [1.54, 1.807) is 24.6 Å². The number of nitrogens with zero attached hydrogens (tertiary/aromatic N) is 3. The second-order valence-electron chi connectivity index (χ2n) is 5.13. The van der Waals surface area contributed by atoms with Gasteiger partial charge in [0.1, 0.15) is 4.83 Å². The number of nitrogens with one attached hydrogen (secondary N) is 1. The Hall–Kier alpha value is -1.21.